The lowest BCUT2D eigenvalue weighted by molar-refractivity contribution is 1.02. The number of nitrogens with one attached hydrogen (secondary N) is 1. The minimum Gasteiger partial charge on any atom is -0.383 e. The van der Waals surface area contributed by atoms with Crippen LogP contribution in [0.4, 0.5) is 5.69 Å². The van der Waals surface area contributed by atoms with E-state index in [1.807, 2.05) is 0 Å². The summed E-state index contributed by atoms with van der Waals surface area (Å²) < 4.78 is 1.09. The van der Waals surface area contributed by atoms with Gasteiger partial charge in [-0.2, -0.15) is 0 Å². The smallest absolute Gasteiger partial charge is 0.0485 e. The van der Waals surface area contributed by atoms with Crippen molar-refractivity contribution in [2.45, 2.75) is 6.92 Å². The van der Waals surface area contributed by atoms with E-state index in [0.717, 1.165) is 16.7 Å². The number of hydrogen-bond acceptors (Lipinski definition) is 2. The predicted molar refractivity (Wildman–Crippen MR) is 56.4 cm³/mol. The highest BCUT2D eigenvalue weighted by atomic mass is 79.9. The zero-order valence-corrected chi connectivity index (χ0v) is 8.69. The lowest BCUT2D eigenvalue weighted by atomic mass is 10.2. The monoisotopic (exact) mass is 228 g/mol. The van der Waals surface area contributed by atoms with Gasteiger partial charge in [0, 0.05) is 23.2 Å². The van der Waals surface area contributed by atoms with E-state index in [0.29, 0.717) is 6.54 Å². The first kappa shape index (κ1) is 9.55. The van der Waals surface area contributed by atoms with E-state index in [1.54, 1.807) is 0 Å². The molecule has 0 aliphatic rings. The number of nitrogens with two attached hydrogens (primary N) is 1. The first-order chi connectivity index (χ1) is 5.74. The number of rotatable bonds is 3. The lowest BCUT2D eigenvalue weighted by Crippen LogP contribution is -2.13. The molecule has 0 radical (unpaired) electrons. The summed E-state index contributed by atoms with van der Waals surface area (Å²) in [6, 6.07) is 6.21. The summed E-state index contributed by atoms with van der Waals surface area (Å²) in [7, 11) is 0. The summed E-state index contributed by atoms with van der Waals surface area (Å²) in [6.07, 6.45) is 0. The fourth-order valence-electron chi connectivity index (χ4n) is 0.970. The van der Waals surface area contributed by atoms with Gasteiger partial charge in [-0.25, -0.2) is 0 Å². The van der Waals surface area contributed by atoms with Gasteiger partial charge in [-0.3, -0.25) is 0 Å². The van der Waals surface area contributed by atoms with Gasteiger partial charge in [0.05, 0.1) is 0 Å². The van der Waals surface area contributed by atoms with Gasteiger partial charge in [-0.15, -0.1) is 0 Å². The Kier molecular flexibility index (Phi) is 3.56. The molecule has 0 aliphatic carbocycles. The van der Waals surface area contributed by atoms with Gasteiger partial charge in [0.15, 0.2) is 0 Å². The Bertz CT molecular complexity index is 261. The lowest BCUT2D eigenvalue weighted by Gasteiger charge is -2.07. The van der Waals surface area contributed by atoms with Gasteiger partial charge in [0.1, 0.15) is 0 Å². The van der Waals surface area contributed by atoms with Crippen LogP contribution in [0.3, 0.4) is 0 Å². The number of hydrogen-bond donors (Lipinski definition) is 2. The molecule has 0 bridgehead atoms. The highest BCUT2D eigenvalue weighted by molar-refractivity contribution is 9.10. The molecule has 1 rings (SSSR count). The van der Waals surface area contributed by atoms with Crippen molar-refractivity contribution >= 4 is 21.6 Å². The first-order valence-electron chi connectivity index (χ1n) is 3.94. The second kappa shape index (κ2) is 4.48. The molecule has 3 heteroatoms. The van der Waals surface area contributed by atoms with E-state index in [4.69, 9.17) is 5.73 Å². The SMILES string of the molecule is Cc1ccc(NCCN)c(Br)c1. The van der Waals surface area contributed by atoms with E-state index in [-0.39, 0.29) is 0 Å². The Labute approximate surface area is 81.3 Å². The molecule has 1 aromatic rings. The van der Waals surface area contributed by atoms with Crippen molar-refractivity contribution in [3.8, 4) is 0 Å². The second-order valence-electron chi connectivity index (χ2n) is 2.70. The van der Waals surface area contributed by atoms with Crippen LogP contribution >= 0.6 is 15.9 Å². The van der Waals surface area contributed by atoms with Gasteiger partial charge < -0.3 is 11.1 Å². The third kappa shape index (κ3) is 2.50. The van der Waals surface area contributed by atoms with E-state index < -0.39 is 0 Å². The van der Waals surface area contributed by atoms with E-state index in [9.17, 15) is 0 Å². The number of benzene rings is 1. The fraction of sp³-hybridized carbons (Fsp3) is 0.333. The second-order valence-corrected chi connectivity index (χ2v) is 3.55. The summed E-state index contributed by atoms with van der Waals surface area (Å²) in [6.45, 7) is 3.53. The summed E-state index contributed by atoms with van der Waals surface area (Å²) >= 11 is 3.47. The molecule has 12 heavy (non-hydrogen) atoms. The minimum absolute atomic E-state index is 0.653. The zero-order valence-electron chi connectivity index (χ0n) is 7.10. The molecule has 0 aromatic heterocycles. The number of anilines is 1. The van der Waals surface area contributed by atoms with Crippen molar-refractivity contribution in [2.24, 2.45) is 5.73 Å². The molecule has 3 N–H and O–H groups in total. The van der Waals surface area contributed by atoms with E-state index >= 15 is 0 Å². The first-order valence-corrected chi connectivity index (χ1v) is 4.73. The van der Waals surface area contributed by atoms with Gasteiger partial charge in [-0.1, -0.05) is 6.07 Å². The van der Waals surface area contributed by atoms with Crippen LogP contribution in [-0.4, -0.2) is 13.1 Å². The van der Waals surface area contributed by atoms with Crippen LogP contribution in [0.1, 0.15) is 5.56 Å². The molecule has 0 amide bonds. The van der Waals surface area contributed by atoms with Crippen molar-refractivity contribution in [2.75, 3.05) is 18.4 Å². The van der Waals surface area contributed by atoms with Crippen LogP contribution < -0.4 is 11.1 Å². The molecule has 0 spiro atoms. The molecular weight excluding hydrogens is 216 g/mol. The van der Waals surface area contributed by atoms with Crippen molar-refractivity contribution in [1.82, 2.24) is 0 Å². The maximum absolute atomic E-state index is 5.38. The summed E-state index contributed by atoms with van der Waals surface area (Å²) in [4.78, 5) is 0. The highest BCUT2D eigenvalue weighted by Gasteiger charge is 1.97. The number of aryl methyl sites for hydroxylation is 1. The van der Waals surface area contributed by atoms with Crippen LogP contribution in [0, 0.1) is 6.92 Å². The Balaban J connectivity index is 2.72. The summed E-state index contributed by atoms with van der Waals surface area (Å²) in [5.41, 5.74) is 7.73. The van der Waals surface area contributed by atoms with Crippen LogP contribution in [0.25, 0.3) is 0 Å². The summed E-state index contributed by atoms with van der Waals surface area (Å²) in [5, 5.41) is 3.22. The molecule has 2 nitrogen and oxygen atoms in total. The van der Waals surface area contributed by atoms with Crippen LogP contribution in [0.5, 0.6) is 0 Å². The predicted octanol–water partition coefficient (Wildman–Crippen LogP) is 2.13. The normalized spacial score (nSPS) is 9.92. The van der Waals surface area contributed by atoms with Crippen molar-refractivity contribution in [3.05, 3.63) is 28.2 Å². The molecule has 0 unspecified atom stereocenters. The van der Waals surface area contributed by atoms with Crippen LogP contribution in [0.2, 0.25) is 0 Å². The Hall–Kier alpha value is -0.540. The molecule has 66 valence electrons. The number of halogens is 1. The Morgan fingerprint density at radius 1 is 1.50 bits per heavy atom. The largest absolute Gasteiger partial charge is 0.383 e. The molecule has 0 saturated carbocycles. The minimum atomic E-state index is 0.653. The quantitative estimate of drug-likeness (QED) is 0.833. The van der Waals surface area contributed by atoms with Gasteiger partial charge >= 0.3 is 0 Å². The average Bonchev–Trinajstić information content (AvgIpc) is 2.03. The van der Waals surface area contributed by atoms with Gasteiger partial charge in [-0.05, 0) is 40.5 Å². The molecule has 0 aliphatic heterocycles. The fourth-order valence-corrected chi connectivity index (χ4v) is 1.60. The molecule has 0 atom stereocenters. The average molecular weight is 229 g/mol. The zero-order chi connectivity index (χ0) is 8.97. The molecule has 0 saturated heterocycles. The van der Waals surface area contributed by atoms with E-state index in [2.05, 4.69) is 46.4 Å². The highest BCUT2D eigenvalue weighted by Crippen LogP contribution is 2.22. The maximum atomic E-state index is 5.38. The Morgan fingerprint density at radius 2 is 2.25 bits per heavy atom. The standard InChI is InChI=1S/C9H13BrN2/c1-7-2-3-9(8(10)6-7)12-5-4-11/h2-3,6,12H,4-5,11H2,1H3. The third-order valence-electron chi connectivity index (χ3n) is 1.58. The van der Waals surface area contributed by atoms with Crippen LogP contribution in [0.15, 0.2) is 22.7 Å². The summed E-state index contributed by atoms with van der Waals surface area (Å²) in [5.74, 6) is 0. The van der Waals surface area contributed by atoms with Gasteiger partial charge in [0.25, 0.3) is 0 Å². The molecular formula is C9H13BrN2. The van der Waals surface area contributed by atoms with Crippen LogP contribution in [-0.2, 0) is 0 Å². The molecule has 0 fully saturated rings. The van der Waals surface area contributed by atoms with Crippen molar-refractivity contribution < 1.29 is 0 Å². The van der Waals surface area contributed by atoms with E-state index in [1.165, 1.54) is 5.56 Å². The Morgan fingerprint density at radius 3 is 2.83 bits per heavy atom. The topological polar surface area (TPSA) is 38.0 Å². The van der Waals surface area contributed by atoms with Crippen molar-refractivity contribution in [3.63, 3.8) is 0 Å². The van der Waals surface area contributed by atoms with Crippen molar-refractivity contribution in [1.29, 1.82) is 0 Å². The maximum Gasteiger partial charge on any atom is 0.0485 e. The third-order valence-corrected chi connectivity index (χ3v) is 2.24. The molecule has 0 heterocycles. The van der Waals surface area contributed by atoms with Gasteiger partial charge in [0.2, 0.25) is 0 Å². The molecule has 1 aromatic carbocycles.